The Morgan fingerprint density at radius 3 is 3.05 bits per heavy atom. The summed E-state index contributed by atoms with van der Waals surface area (Å²) < 4.78 is 0.701. The lowest BCUT2D eigenvalue weighted by molar-refractivity contribution is 0.0939. The number of hydrogen-bond acceptors (Lipinski definition) is 7. The van der Waals surface area contributed by atoms with Crippen molar-refractivity contribution in [1.82, 2.24) is 21.2 Å². The van der Waals surface area contributed by atoms with Crippen LogP contribution in [0, 0.1) is 0 Å². The molecular formula is C12H12ClN5OS2. The molecule has 21 heavy (non-hydrogen) atoms. The Labute approximate surface area is 134 Å². The Morgan fingerprint density at radius 1 is 1.52 bits per heavy atom. The van der Waals surface area contributed by atoms with Crippen LogP contribution in [0.5, 0.6) is 0 Å². The fourth-order valence-corrected chi connectivity index (χ4v) is 3.64. The van der Waals surface area contributed by atoms with E-state index in [1.807, 2.05) is 19.1 Å². The third kappa shape index (κ3) is 3.34. The zero-order valence-corrected chi connectivity index (χ0v) is 13.4. The second-order valence-electron chi connectivity index (χ2n) is 4.46. The first-order valence-electron chi connectivity index (χ1n) is 6.20. The van der Waals surface area contributed by atoms with E-state index < -0.39 is 0 Å². The van der Waals surface area contributed by atoms with Gasteiger partial charge in [0.25, 0.3) is 5.91 Å². The molecule has 0 bridgehead atoms. The second-order valence-corrected chi connectivity index (χ2v) is 7.03. The number of aromatic nitrogens is 1. The van der Waals surface area contributed by atoms with Gasteiger partial charge in [0.2, 0.25) is 5.96 Å². The molecule has 2 aromatic rings. The van der Waals surface area contributed by atoms with E-state index in [-0.39, 0.29) is 11.9 Å². The monoisotopic (exact) mass is 341 g/mol. The van der Waals surface area contributed by atoms with Crippen LogP contribution in [0.4, 0.5) is 0 Å². The minimum absolute atomic E-state index is 0.277. The first-order valence-corrected chi connectivity index (χ1v) is 8.28. The molecule has 1 aliphatic rings. The maximum absolute atomic E-state index is 12.0. The van der Waals surface area contributed by atoms with Crippen LogP contribution in [0.1, 0.15) is 17.4 Å². The van der Waals surface area contributed by atoms with Gasteiger partial charge in [-0.15, -0.1) is 22.7 Å². The molecule has 1 amide bonds. The second kappa shape index (κ2) is 6.00. The van der Waals surface area contributed by atoms with Crippen molar-refractivity contribution in [2.75, 3.05) is 6.54 Å². The van der Waals surface area contributed by atoms with E-state index in [1.54, 1.807) is 5.38 Å². The number of halogens is 1. The smallest absolute Gasteiger partial charge is 0.289 e. The number of hydrazine groups is 1. The largest absolute Gasteiger partial charge is 0.351 e. The number of thiophene rings is 1. The lowest BCUT2D eigenvalue weighted by atomic mass is 10.4. The molecule has 0 aromatic carbocycles. The van der Waals surface area contributed by atoms with Crippen LogP contribution in [0.15, 0.2) is 22.5 Å². The summed E-state index contributed by atoms with van der Waals surface area (Å²) in [6.45, 7) is 2.71. The van der Waals surface area contributed by atoms with Crippen molar-refractivity contribution in [2.45, 2.75) is 13.0 Å². The number of nitrogens with zero attached hydrogens (tertiary/aromatic N) is 2. The quantitative estimate of drug-likeness (QED) is 0.731. The molecule has 3 N–H and O–H groups in total. The molecular weight excluding hydrogens is 330 g/mol. The molecule has 1 aliphatic heterocycles. The number of rotatable bonds is 2. The number of carbonyl (C=O) groups is 1. The lowest BCUT2D eigenvalue weighted by Crippen LogP contribution is -2.47. The Bertz CT molecular complexity index is 695. The van der Waals surface area contributed by atoms with Gasteiger partial charge in [-0.25, -0.2) is 9.98 Å². The minimum Gasteiger partial charge on any atom is -0.351 e. The highest BCUT2D eigenvalue weighted by atomic mass is 35.5. The highest BCUT2D eigenvalue weighted by Gasteiger charge is 2.15. The van der Waals surface area contributed by atoms with Crippen molar-refractivity contribution in [3.05, 3.63) is 27.5 Å². The normalized spacial score (nSPS) is 17.2. The number of aliphatic imine (C=N–C) groups is 1. The van der Waals surface area contributed by atoms with Crippen LogP contribution < -0.4 is 16.2 Å². The van der Waals surface area contributed by atoms with Crippen LogP contribution in [-0.4, -0.2) is 29.4 Å². The average molecular weight is 342 g/mol. The molecule has 0 spiro atoms. The Hall–Kier alpha value is -1.64. The molecule has 110 valence electrons. The van der Waals surface area contributed by atoms with E-state index in [9.17, 15) is 4.79 Å². The third-order valence-electron chi connectivity index (χ3n) is 2.72. The molecule has 0 aliphatic carbocycles. The van der Waals surface area contributed by atoms with Gasteiger partial charge in [-0.3, -0.25) is 15.6 Å². The van der Waals surface area contributed by atoms with Gasteiger partial charge in [-0.2, -0.15) is 0 Å². The highest BCUT2D eigenvalue weighted by Crippen LogP contribution is 2.32. The number of carbonyl (C=O) groups excluding carboxylic acids is 1. The van der Waals surface area contributed by atoms with Crippen molar-refractivity contribution < 1.29 is 4.79 Å². The first-order chi connectivity index (χ1) is 10.1. The molecule has 0 fully saturated rings. The SMILES string of the molecule is C[C@@H]1CN=C(NNC(=O)c2csc(-c3ccc(Cl)s3)n2)N1. The van der Waals surface area contributed by atoms with E-state index in [1.165, 1.54) is 22.7 Å². The number of hydrogen-bond donors (Lipinski definition) is 3. The fraction of sp³-hybridized carbons (Fsp3) is 0.250. The van der Waals surface area contributed by atoms with Crippen molar-refractivity contribution in [3.8, 4) is 9.88 Å². The lowest BCUT2D eigenvalue weighted by Gasteiger charge is -2.08. The fourth-order valence-electron chi connectivity index (χ4n) is 1.73. The third-order valence-corrected chi connectivity index (χ3v) is 4.96. The summed E-state index contributed by atoms with van der Waals surface area (Å²) in [5.74, 6) is 0.264. The maximum atomic E-state index is 12.0. The van der Waals surface area contributed by atoms with Gasteiger partial charge >= 0.3 is 0 Å². The topological polar surface area (TPSA) is 78.4 Å². The standard InChI is InChI=1S/C12H12ClN5OS2/c1-6-4-14-12(15-6)18-17-10(19)7-5-20-11(16-7)8-2-3-9(13)21-8/h2-3,5-6H,4H2,1H3,(H,17,19)(H2,14,15,18)/t6-/m1/s1. The molecule has 9 heteroatoms. The molecule has 6 nitrogen and oxygen atoms in total. The highest BCUT2D eigenvalue weighted by molar-refractivity contribution is 7.23. The van der Waals surface area contributed by atoms with Crippen molar-refractivity contribution in [1.29, 1.82) is 0 Å². The van der Waals surface area contributed by atoms with Gasteiger partial charge in [0.05, 0.1) is 15.8 Å². The first kappa shape index (κ1) is 14.3. The van der Waals surface area contributed by atoms with Crippen LogP contribution in [0.2, 0.25) is 4.34 Å². The zero-order valence-electron chi connectivity index (χ0n) is 11.0. The zero-order chi connectivity index (χ0) is 14.8. The van der Waals surface area contributed by atoms with Crippen LogP contribution in [0.3, 0.4) is 0 Å². The molecule has 3 rings (SSSR count). The van der Waals surface area contributed by atoms with Crippen LogP contribution in [-0.2, 0) is 0 Å². The van der Waals surface area contributed by atoms with Gasteiger partial charge in [0, 0.05) is 11.4 Å². The molecule has 0 saturated heterocycles. The number of guanidine groups is 1. The van der Waals surface area contributed by atoms with Crippen LogP contribution >= 0.6 is 34.3 Å². The molecule has 0 unspecified atom stereocenters. The summed E-state index contributed by atoms with van der Waals surface area (Å²) in [5, 5.41) is 5.58. The Kier molecular flexibility index (Phi) is 4.09. The van der Waals surface area contributed by atoms with Gasteiger partial charge in [0.1, 0.15) is 10.7 Å². The molecule has 2 aromatic heterocycles. The van der Waals surface area contributed by atoms with E-state index in [0.29, 0.717) is 22.5 Å². The average Bonchev–Trinajstić information content (AvgIpc) is 3.16. The van der Waals surface area contributed by atoms with Gasteiger partial charge in [-0.05, 0) is 19.1 Å². The summed E-state index contributed by atoms with van der Waals surface area (Å²) in [4.78, 5) is 21.4. The van der Waals surface area contributed by atoms with Gasteiger partial charge in [0.15, 0.2) is 0 Å². The molecule has 0 saturated carbocycles. The minimum atomic E-state index is -0.302. The van der Waals surface area contributed by atoms with Crippen molar-refractivity contribution in [3.63, 3.8) is 0 Å². The summed E-state index contributed by atoms with van der Waals surface area (Å²) in [6, 6.07) is 3.98. The molecule has 1 atom stereocenters. The summed E-state index contributed by atoms with van der Waals surface area (Å²) >= 11 is 8.75. The molecule has 0 radical (unpaired) electrons. The Balaban J connectivity index is 1.62. The number of thiazole rings is 1. The van der Waals surface area contributed by atoms with E-state index in [2.05, 4.69) is 26.1 Å². The maximum Gasteiger partial charge on any atom is 0.289 e. The predicted octanol–water partition coefficient (Wildman–Crippen LogP) is 2.11. The van der Waals surface area contributed by atoms with Crippen molar-refractivity contribution >= 4 is 46.1 Å². The summed E-state index contributed by atoms with van der Waals surface area (Å²) in [7, 11) is 0. The predicted molar refractivity (Wildman–Crippen MR) is 85.9 cm³/mol. The summed E-state index contributed by atoms with van der Waals surface area (Å²) in [5.41, 5.74) is 5.68. The van der Waals surface area contributed by atoms with Crippen LogP contribution in [0.25, 0.3) is 9.88 Å². The summed E-state index contributed by atoms with van der Waals surface area (Å²) in [6.07, 6.45) is 0. The van der Waals surface area contributed by atoms with Gasteiger partial charge < -0.3 is 5.32 Å². The van der Waals surface area contributed by atoms with Crippen molar-refractivity contribution in [2.24, 2.45) is 4.99 Å². The number of nitrogens with one attached hydrogen (secondary N) is 3. The van der Waals surface area contributed by atoms with E-state index >= 15 is 0 Å². The van der Waals surface area contributed by atoms with E-state index in [0.717, 1.165) is 9.88 Å². The van der Waals surface area contributed by atoms with E-state index in [4.69, 9.17) is 11.6 Å². The molecule has 3 heterocycles. The van der Waals surface area contributed by atoms with Gasteiger partial charge in [-0.1, -0.05) is 11.6 Å². The number of amides is 1. The Morgan fingerprint density at radius 2 is 2.38 bits per heavy atom.